The van der Waals surface area contributed by atoms with E-state index in [1.54, 1.807) is 18.2 Å². The van der Waals surface area contributed by atoms with E-state index in [-0.39, 0.29) is 29.4 Å². The van der Waals surface area contributed by atoms with Gasteiger partial charge in [0.1, 0.15) is 0 Å². The molecule has 0 aliphatic carbocycles. The third-order valence-electron chi connectivity index (χ3n) is 3.48. The van der Waals surface area contributed by atoms with Crippen molar-refractivity contribution in [3.63, 3.8) is 0 Å². The predicted molar refractivity (Wildman–Crippen MR) is 81.2 cm³/mol. The van der Waals surface area contributed by atoms with Crippen LogP contribution in [0.3, 0.4) is 0 Å². The van der Waals surface area contributed by atoms with E-state index >= 15 is 0 Å². The number of nitrogens with two attached hydrogens (primary N) is 1. The molecule has 110 valence electrons. The minimum Gasteiger partial charge on any atom is -0.494 e. The highest BCUT2D eigenvalue weighted by Crippen LogP contribution is 2.26. The van der Waals surface area contributed by atoms with Crippen molar-refractivity contribution in [2.24, 2.45) is 0 Å². The summed E-state index contributed by atoms with van der Waals surface area (Å²) in [4.78, 5) is 12.3. The Hall–Kier alpha value is -2.36. The van der Waals surface area contributed by atoms with Crippen molar-refractivity contribution in [1.82, 2.24) is 0 Å². The van der Waals surface area contributed by atoms with Gasteiger partial charge in [0.25, 0.3) is 0 Å². The topological polar surface area (TPSA) is 52.3 Å². The molecule has 0 radical (unpaired) electrons. The summed E-state index contributed by atoms with van der Waals surface area (Å²) >= 11 is 0. The number of anilines is 1. The van der Waals surface area contributed by atoms with Crippen molar-refractivity contribution in [1.29, 1.82) is 0 Å². The van der Waals surface area contributed by atoms with Crippen LogP contribution in [0.25, 0.3) is 0 Å². The van der Waals surface area contributed by atoms with Gasteiger partial charge in [-0.2, -0.15) is 0 Å². The highest BCUT2D eigenvalue weighted by atomic mass is 19.1. The average Bonchev–Trinajstić information content (AvgIpc) is 2.48. The van der Waals surface area contributed by atoms with Crippen LogP contribution >= 0.6 is 0 Å². The zero-order valence-electron chi connectivity index (χ0n) is 12.1. The first-order chi connectivity index (χ1) is 10.0. The van der Waals surface area contributed by atoms with Crippen molar-refractivity contribution in [3.8, 4) is 5.75 Å². The number of ketones is 1. The van der Waals surface area contributed by atoms with Gasteiger partial charge in [-0.3, -0.25) is 4.79 Å². The van der Waals surface area contributed by atoms with E-state index in [2.05, 4.69) is 0 Å². The van der Waals surface area contributed by atoms with E-state index in [1.807, 2.05) is 19.1 Å². The van der Waals surface area contributed by atoms with Gasteiger partial charge in [0.2, 0.25) is 0 Å². The molecule has 3 nitrogen and oxygen atoms in total. The molecular formula is C17H18FNO2. The maximum absolute atomic E-state index is 14.1. The number of hydrogen-bond acceptors (Lipinski definition) is 3. The molecule has 1 unspecified atom stereocenters. The molecular weight excluding hydrogens is 269 g/mol. The third-order valence-corrected chi connectivity index (χ3v) is 3.48. The van der Waals surface area contributed by atoms with Crippen molar-refractivity contribution >= 4 is 11.5 Å². The van der Waals surface area contributed by atoms with Gasteiger partial charge in [-0.05, 0) is 35.7 Å². The number of benzene rings is 2. The summed E-state index contributed by atoms with van der Waals surface area (Å²) in [7, 11) is 1.38. The second-order valence-corrected chi connectivity index (χ2v) is 5.02. The van der Waals surface area contributed by atoms with Crippen LogP contribution in [0.5, 0.6) is 5.75 Å². The Morgan fingerprint density at radius 2 is 1.90 bits per heavy atom. The van der Waals surface area contributed by atoms with Gasteiger partial charge in [-0.15, -0.1) is 0 Å². The number of carbonyl (C=O) groups is 1. The first-order valence-electron chi connectivity index (χ1n) is 6.74. The summed E-state index contributed by atoms with van der Waals surface area (Å²) in [5.74, 6) is -0.769. The van der Waals surface area contributed by atoms with Gasteiger partial charge < -0.3 is 10.5 Å². The lowest BCUT2D eigenvalue weighted by atomic mass is 9.93. The molecule has 0 aliphatic heterocycles. The molecule has 2 aromatic carbocycles. The van der Waals surface area contributed by atoms with Crippen LogP contribution < -0.4 is 10.5 Å². The summed E-state index contributed by atoms with van der Waals surface area (Å²) < 4.78 is 19.0. The highest BCUT2D eigenvalue weighted by Gasteiger charge is 2.18. The third kappa shape index (κ3) is 3.40. The van der Waals surface area contributed by atoms with Crippen molar-refractivity contribution in [3.05, 3.63) is 59.4 Å². The lowest BCUT2D eigenvalue weighted by molar-refractivity contribution is 0.0971. The molecule has 0 amide bonds. The van der Waals surface area contributed by atoms with Crippen molar-refractivity contribution < 1.29 is 13.9 Å². The fourth-order valence-electron chi connectivity index (χ4n) is 2.21. The van der Waals surface area contributed by atoms with Gasteiger partial charge in [0, 0.05) is 12.1 Å². The minimum absolute atomic E-state index is 0.0105. The number of ether oxygens (including phenoxy) is 1. The van der Waals surface area contributed by atoms with Crippen LogP contribution in [0.15, 0.2) is 42.5 Å². The van der Waals surface area contributed by atoms with Gasteiger partial charge >= 0.3 is 0 Å². The summed E-state index contributed by atoms with van der Waals surface area (Å²) in [6.45, 7) is 1.93. The Kier molecular flexibility index (Phi) is 4.58. The second kappa shape index (κ2) is 6.39. The van der Waals surface area contributed by atoms with E-state index in [9.17, 15) is 9.18 Å². The number of methoxy groups -OCH3 is 1. The maximum Gasteiger partial charge on any atom is 0.175 e. The van der Waals surface area contributed by atoms with Crippen LogP contribution in [0, 0.1) is 5.82 Å². The first-order valence-corrected chi connectivity index (χ1v) is 6.74. The molecule has 0 heterocycles. The van der Waals surface area contributed by atoms with Crippen LogP contribution in [0.2, 0.25) is 0 Å². The molecule has 0 fully saturated rings. The number of hydrogen-bond donors (Lipinski definition) is 1. The SMILES string of the molecule is COc1cccc(C(=O)CC(C)c2ccc(N)cc2)c1F. The normalized spacial score (nSPS) is 12.0. The lowest BCUT2D eigenvalue weighted by Gasteiger charge is -2.12. The van der Waals surface area contributed by atoms with E-state index in [0.29, 0.717) is 5.69 Å². The van der Waals surface area contributed by atoms with Gasteiger partial charge in [-0.1, -0.05) is 25.1 Å². The van der Waals surface area contributed by atoms with Crippen molar-refractivity contribution in [2.75, 3.05) is 12.8 Å². The molecule has 0 aliphatic rings. The van der Waals surface area contributed by atoms with E-state index in [0.717, 1.165) is 5.56 Å². The summed E-state index contributed by atoms with van der Waals surface area (Å²) in [6.07, 6.45) is 0.230. The second-order valence-electron chi connectivity index (χ2n) is 5.02. The summed E-state index contributed by atoms with van der Waals surface area (Å²) in [6, 6.07) is 11.9. The van der Waals surface area contributed by atoms with Crippen molar-refractivity contribution in [2.45, 2.75) is 19.3 Å². The molecule has 0 bridgehead atoms. The Balaban J connectivity index is 2.16. The number of carbonyl (C=O) groups excluding carboxylic acids is 1. The molecule has 0 aromatic heterocycles. The fraction of sp³-hybridized carbons (Fsp3) is 0.235. The Bertz CT molecular complexity index is 638. The fourth-order valence-corrected chi connectivity index (χ4v) is 2.21. The van der Waals surface area contributed by atoms with E-state index < -0.39 is 5.82 Å². The molecule has 2 aromatic rings. The molecule has 0 saturated carbocycles. The predicted octanol–water partition coefficient (Wildman–Crippen LogP) is 3.79. The molecule has 2 N–H and O–H groups in total. The lowest BCUT2D eigenvalue weighted by Crippen LogP contribution is -2.08. The van der Waals surface area contributed by atoms with Crippen LogP contribution in [0.1, 0.15) is 35.2 Å². The smallest absolute Gasteiger partial charge is 0.175 e. The number of Topliss-reactive ketones (excluding diaryl/α,β-unsaturated/α-hetero) is 1. The number of halogens is 1. The molecule has 21 heavy (non-hydrogen) atoms. The van der Waals surface area contributed by atoms with Crippen LogP contribution in [-0.2, 0) is 0 Å². The Labute approximate surface area is 123 Å². The summed E-state index contributed by atoms with van der Waals surface area (Å²) in [5.41, 5.74) is 7.38. The first kappa shape index (κ1) is 15.0. The van der Waals surface area contributed by atoms with E-state index in [4.69, 9.17) is 10.5 Å². The van der Waals surface area contributed by atoms with Crippen LogP contribution in [0.4, 0.5) is 10.1 Å². The largest absolute Gasteiger partial charge is 0.494 e. The Morgan fingerprint density at radius 1 is 1.24 bits per heavy atom. The van der Waals surface area contributed by atoms with Gasteiger partial charge in [0.05, 0.1) is 12.7 Å². The minimum atomic E-state index is -0.602. The van der Waals surface area contributed by atoms with E-state index in [1.165, 1.54) is 19.2 Å². The molecule has 0 spiro atoms. The number of nitrogen functional groups attached to an aromatic ring is 1. The molecule has 0 saturated heterocycles. The van der Waals surface area contributed by atoms with Gasteiger partial charge in [-0.25, -0.2) is 4.39 Å². The van der Waals surface area contributed by atoms with Gasteiger partial charge in [0.15, 0.2) is 17.3 Å². The maximum atomic E-state index is 14.1. The zero-order valence-corrected chi connectivity index (χ0v) is 12.1. The standard InChI is InChI=1S/C17H18FNO2/c1-11(12-6-8-13(19)9-7-12)10-15(20)14-4-3-5-16(21-2)17(14)18/h3-9,11H,10,19H2,1-2H3. The number of rotatable bonds is 5. The molecule has 1 atom stereocenters. The molecule has 2 rings (SSSR count). The Morgan fingerprint density at radius 3 is 2.52 bits per heavy atom. The highest BCUT2D eigenvalue weighted by molar-refractivity contribution is 5.97. The summed E-state index contributed by atoms with van der Waals surface area (Å²) in [5, 5.41) is 0. The quantitative estimate of drug-likeness (QED) is 0.672. The monoisotopic (exact) mass is 287 g/mol. The average molecular weight is 287 g/mol. The zero-order chi connectivity index (χ0) is 15.4. The molecule has 4 heteroatoms. The van der Waals surface area contributed by atoms with Crippen LogP contribution in [-0.4, -0.2) is 12.9 Å².